The van der Waals surface area contributed by atoms with E-state index in [0.29, 0.717) is 5.56 Å². The van der Waals surface area contributed by atoms with Gasteiger partial charge in [0.05, 0.1) is 7.64 Å². The molecule has 0 saturated heterocycles. The lowest BCUT2D eigenvalue weighted by molar-refractivity contribution is 0.198. The van der Waals surface area contributed by atoms with Crippen molar-refractivity contribution in [3.8, 4) is 0 Å². The van der Waals surface area contributed by atoms with Crippen LogP contribution in [0.1, 0.15) is 8.30 Å². The van der Waals surface area contributed by atoms with Crippen LogP contribution in [0.25, 0.3) is 0 Å². The summed E-state index contributed by atoms with van der Waals surface area (Å²) in [6.07, 6.45) is 0. The second-order valence-corrected chi connectivity index (χ2v) is 3.90. The van der Waals surface area contributed by atoms with Crippen LogP contribution in [-0.2, 0) is 14.3 Å². The van der Waals surface area contributed by atoms with Crippen molar-refractivity contribution in [3.05, 3.63) is 29.8 Å². The Bertz CT molecular complexity index is 473. The average Bonchev–Trinajstić information content (AvgIpc) is 2.13. The van der Waals surface area contributed by atoms with Crippen molar-refractivity contribution >= 4 is 10.1 Å². The molecule has 0 spiro atoms. The molecule has 13 heavy (non-hydrogen) atoms. The fraction of sp³-hybridized carbons (Fsp3) is 0.250. The maximum absolute atomic E-state index is 11.8. The number of hydrogen-bond donors (Lipinski definition) is 0. The summed E-state index contributed by atoms with van der Waals surface area (Å²) in [7, 11) is -4.26. The summed E-state index contributed by atoms with van der Waals surface area (Å²) in [4.78, 5) is -0.490. The van der Waals surface area contributed by atoms with E-state index in [-0.39, 0.29) is 6.04 Å². The van der Waals surface area contributed by atoms with E-state index in [2.05, 4.69) is 4.18 Å². The fourth-order valence-electron chi connectivity index (χ4n) is 0.712. The van der Waals surface area contributed by atoms with E-state index in [9.17, 15) is 12.8 Å². The van der Waals surface area contributed by atoms with E-state index in [1.54, 1.807) is 6.92 Å². The first-order chi connectivity index (χ1) is 6.90. The van der Waals surface area contributed by atoms with E-state index >= 15 is 0 Å². The summed E-state index contributed by atoms with van der Waals surface area (Å²) in [5.41, 5.74) is 0.471. The summed E-state index contributed by atoms with van der Waals surface area (Å²) in [6, 6.07) is 1.80. The normalized spacial score (nSPS) is 13.7. The maximum Gasteiger partial charge on any atom is 0.299 e. The van der Waals surface area contributed by atoms with Gasteiger partial charge in [0.2, 0.25) is 6.86 Å². The van der Waals surface area contributed by atoms with Crippen LogP contribution in [0, 0.1) is 6.92 Å². The van der Waals surface area contributed by atoms with Gasteiger partial charge in [0.1, 0.15) is 0 Å². The molecule has 0 fully saturated rings. The maximum atomic E-state index is 11.8. The van der Waals surface area contributed by atoms with E-state index in [0.717, 1.165) is 6.07 Å². The van der Waals surface area contributed by atoms with Gasteiger partial charge in [-0.1, -0.05) is 17.7 Å². The standard InChI is InChI=1S/C8H9FO3S/c1-7-2-4-8(5-3-7)13(10,11)12-6-9/h2-5H,6H2,1H3/i2D,4D,9-1. The van der Waals surface area contributed by atoms with Crippen LogP contribution in [0.3, 0.4) is 0 Å². The predicted octanol–water partition coefficient (Wildman–Crippen LogP) is 1.63. The number of benzene rings is 1. The highest BCUT2D eigenvalue weighted by Crippen LogP contribution is 2.12. The van der Waals surface area contributed by atoms with Gasteiger partial charge in [-0.2, -0.15) is 8.42 Å². The summed E-state index contributed by atoms with van der Waals surface area (Å²) in [6.45, 7) is 0.0930. The second kappa shape index (κ2) is 3.85. The first-order valence-electron chi connectivity index (χ1n) is 4.42. The summed E-state index contributed by atoms with van der Waals surface area (Å²) in [5.74, 6) is 0. The van der Waals surface area contributed by atoms with Crippen molar-refractivity contribution in [1.82, 2.24) is 0 Å². The molecule has 0 radical (unpaired) electrons. The zero-order valence-electron chi connectivity index (χ0n) is 8.87. The minimum atomic E-state index is -4.26. The van der Waals surface area contributed by atoms with Gasteiger partial charge in [-0.15, -0.1) is 0 Å². The van der Waals surface area contributed by atoms with Crippen LogP contribution in [0.5, 0.6) is 0 Å². The van der Waals surface area contributed by atoms with Gasteiger partial charge in [-0.25, -0.2) is 8.57 Å². The molecule has 0 aliphatic heterocycles. The average molecular weight is 205 g/mol. The molecule has 0 atom stereocenters. The number of aryl methyl sites for hydroxylation is 1. The van der Waals surface area contributed by atoms with E-state index < -0.39 is 27.9 Å². The molecule has 0 heterocycles. The topological polar surface area (TPSA) is 43.4 Å². The smallest absolute Gasteiger partial charge is 0.232 e. The molecule has 0 saturated carbocycles. The van der Waals surface area contributed by atoms with Crippen molar-refractivity contribution < 1.29 is 19.7 Å². The van der Waals surface area contributed by atoms with Gasteiger partial charge < -0.3 is 0 Å². The van der Waals surface area contributed by atoms with Crippen LogP contribution < -0.4 is 0 Å². The molecule has 1 aromatic carbocycles. The van der Waals surface area contributed by atoms with Crippen LogP contribution in [0.2, 0.25) is 0 Å². The Morgan fingerprint density at radius 3 is 2.85 bits per heavy atom. The third-order valence-electron chi connectivity index (χ3n) is 1.34. The predicted molar refractivity (Wildman–Crippen MR) is 45.4 cm³/mol. The first-order valence-corrected chi connectivity index (χ1v) is 4.83. The molecule has 0 amide bonds. The van der Waals surface area contributed by atoms with Gasteiger partial charge in [0, 0.05) is 0 Å². The molecule has 1 aromatic rings. The van der Waals surface area contributed by atoms with Crippen molar-refractivity contribution in [2.24, 2.45) is 0 Å². The number of alkyl halides is 1. The number of rotatable bonds is 3. The minimum Gasteiger partial charge on any atom is -0.232 e. The Morgan fingerprint density at radius 2 is 2.23 bits per heavy atom. The molecular weight excluding hydrogens is 194 g/mol. The van der Waals surface area contributed by atoms with Crippen molar-refractivity contribution in [3.63, 3.8) is 0 Å². The highest BCUT2D eigenvalue weighted by Gasteiger charge is 2.13. The Morgan fingerprint density at radius 1 is 1.54 bits per heavy atom. The van der Waals surface area contributed by atoms with Gasteiger partial charge in [-0.05, 0) is 19.0 Å². The van der Waals surface area contributed by atoms with Crippen molar-refractivity contribution in [2.75, 3.05) is 6.86 Å². The monoisotopic (exact) mass is 205 g/mol. The third-order valence-corrected chi connectivity index (χ3v) is 2.51. The Balaban J connectivity index is 3.34. The lowest BCUT2D eigenvalue weighted by Gasteiger charge is -2.01. The fourth-order valence-corrected chi connectivity index (χ4v) is 1.37. The highest BCUT2D eigenvalue weighted by atomic mass is 32.2. The molecule has 0 unspecified atom stereocenters. The Hall–Kier alpha value is -0.940. The SMILES string of the molecule is [2H]c1c(C)ccc(S(=O)(=O)OC[18F])c1[2H]. The Kier molecular flexibility index (Phi) is 2.21. The summed E-state index contributed by atoms with van der Waals surface area (Å²) < 4.78 is 53.0. The van der Waals surface area contributed by atoms with Crippen LogP contribution in [0.4, 0.5) is 4.39 Å². The number of hydrogen-bond acceptors (Lipinski definition) is 3. The highest BCUT2D eigenvalue weighted by molar-refractivity contribution is 7.86. The largest absolute Gasteiger partial charge is 0.299 e. The zero-order valence-corrected chi connectivity index (χ0v) is 7.69. The van der Waals surface area contributed by atoms with Gasteiger partial charge in [0.15, 0.2) is 0 Å². The molecule has 3 nitrogen and oxygen atoms in total. The summed E-state index contributed by atoms with van der Waals surface area (Å²) >= 11 is 0. The molecule has 0 N–H and O–H groups in total. The van der Waals surface area contributed by atoms with E-state index in [1.807, 2.05) is 0 Å². The molecule has 1 rings (SSSR count). The molecule has 72 valence electrons. The lowest BCUT2D eigenvalue weighted by atomic mass is 10.2. The van der Waals surface area contributed by atoms with Crippen molar-refractivity contribution in [2.45, 2.75) is 11.8 Å². The van der Waals surface area contributed by atoms with Crippen LogP contribution in [0.15, 0.2) is 29.1 Å². The van der Waals surface area contributed by atoms with Crippen molar-refractivity contribution in [1.29, 1.82) is 0 Å². The second-order valence-electron chi connectivity index (χ2n) is 2.31. The van der Waals surface area contributed by atoms with E-state index in [4.69, 9.17) is 2.74 Å². The molecule has 0 aliphatic carbocycles. The molecule has 0 aromatic heterocycles. The van der Waals surface area contributed by atoms with Gasteiger partial charge >= 0.3 is 0 Å². The molecular formula is C8H9FO3S. The van der Waals surface area contributed by atoms with Gasteiger partial charge in [0.25, 0.3) is 10.1 Å². The summed E-state index contributed by atoms with van der Waals surface area (Å²) in [5, 5.41) is 0. The number of halogens is 1. The molecule has 5 heteroatoms. The minimum absolute atomic E-state index is 0.210. The molecule has 0 aliphatic rings. The first kappa shape index (κ1) is 7.46. The Labute approximate surface area is 79.1 Å². The van der Waals surface area contributed by atoms with Crippen LogP contribution in [-0.4, -0.2) is 15.3 Å². The zero-order chi connectivity index (χ0) is 11.6. The lowest BCUT2D eigenvalue weighted by Crippen LogP contribution is -2.05. The third kappa shape index (κ3) is 2.50. The van der Waals surface area contributed by atoms with E-state index in [1.165, 1.54) is 6.07 Å². The quantitative estimate of drug-likeness (QED) is 0.704. The van der Waals surface area contributed by atoms with Crippen LogP contribution >= 0.6 is 0 Å². The van der Waals surface area contributed by atoms with Gasteiger partial charge in [-0.3, -0.25) is 0 Å². The molecule has 0 bridgehead atoms.